The van der Waals surface area contributed by atoms with Gasteiger partial charge in [-0.05, 0) is 37.5 Å². The Hall–Kier alpha value is -0.810. The van der Waals surface area contributed by atoms with Gasteiger partial charge in [0.1, 0.15) is 0 Å². The molecule has 5 heteroatoms. The fourth-order valence-electron chi connectivity index (χ4n) is 3.32. The van der Waals surface area contributed by atoms with Gasteiger partial charge in [0, 0.05) is 19.7 Å². The quantitative estimate of drug-likeness (QED) is 0.289. The molecule has 0 amide bonds. The van der Waals surface area contributed by atoms with E-state index in [1.807, 2.05) is 0 Å². The third kappa shape index (κ3) is 5.67. The zero-order valence-electron chi connectivity index (χ0n) is 13.5. The molecule has 0 aromatic heterocycles. The van der Waals surface area contributed by atoms with Crippen molar-refractivity contribution in [2.75, 3.05) is 20.3 Å². The molecule has 0 aliphatic heterocycles. The lowest BCUT2D eigenvalue weighted by Gasteiger charge is -2.29. The van der Waals surface area contributed by atoms with Crippen molar-refractivity contribution in [2.24, 2.45) is 22.2 Å². The number of ether oxygens (including phenoxy) is 1. The van der Waals surface area contributed by atoms with Gasteiger partial charge in [0.2, 0.25) is 5.96 Å². The molecule has 1 saturated carbocycles. The van der Waals surface area contributed by atoms with Crippen LogP contribution in [0.4, 0.5) is 0 Å². The molecule has 0 radical (unpaired) electrons. The molecule has 0 spiro atoms. The molecular formula is C15H32N4O. The van der Waals surface area contributed by atoms with Crippen molar-refractivity contribution in [3.63, 3.8) is 0 Å². The molecule has 1 unspecified atom stereocenters. The Labute approximate surface area is 123 Å². The number of nitrogens with one attached hydrogen (secondary N) is 2. The maximum Gasteiger partial charge on any atom is 0.206 e. The van der Waals surface area contributed by atoms with E-state index in [9.17, 15) is 0 Å². The molecule has 0 saturated heterocycles. The lowest BCUT2D eigenvalue weighted by molar-refractivity contribution is 0.178. The van der Waals surface area contributed by atoms with Gasteiger partial charge >= 0.3 is 0 Å². The number of aliphatic imine (C=N–C) groups is 1. The summed E-state index contributed by atoms with van der Waals surface area (Å²) < 4.78 is 5.11. The average molecular weight is 284 g/mol. The highest BCUT2D eigenvalue weighted by Crippen LogP contribution is 2.43. The highest BCUT2D eigenvalue weighted by molar-refractivity contribution is 5.79. The van der Waals surface area contributed by atoms with Gasteiger partial charge in [0.05, 0.1) is 6.61 Å². The third-order valence-corrected chi connectivity index (χ3v) is 4.01. The Balaban J connectivity index is 2.60. The summed E-state index contributed by atoms with van der Waals surface area (Å²) in [6.07, 6.45) is 6.50. The molecule has 1 atom stereocenters. The second-order valence-corrected chi connectivity index (χ2v) is 6.61. The van der Waals surface area contributed by atoms with Crippen LogP contribution in [0.2, 0.25) is 0 Å². The Kier molecular flexibility index (Phi) is 7.30. The molecule has 1 rings (SSSR count). The van der Waals surface area contributed by atoms with E-state index in [0.717, 1.165) is 12.5 Å². The predicted molar refractivity (Wildman–Crippen MR) is 84.5 cm³/mol. The molecule has 0 bridgehead atoms. The largest absolute Gasteiger partial charge is 0.383 e. The summed E-state index contributed by atoms with van der Waals surface area (Å²) in [6.45, 7) is 8.14. The van der Waals surface area contributed by atoms with Gasteiger partial charge in [-0.3, -0.25) is 10.4 Å². The monoisotopic (exact) mass is 284 g/mol. The minimum absolute atomic E-state index is 0.194. The van der Waals surface area contributed by atoms with Crippen LogP contribution in [0, 0.1) is 11.3 Å². The molecule has 1 aliphatic carbocycles. The molecule has 118 valence electrons. The summed E-state index contributed by atoms with van der Waals surface area (Å²) in [6, 6.07) is 0.194. The standard InChI is InChI=1S/C15H32N4O/c1-12(2)9-15(7-5-6-8-15)11-17-14(19-16)18-13(3)10-20-4/h12-13H,5-11,16H2,1-4H3,(H2,17,18,19). The summed E-state index contributed by atoms with van der Waals surface area (Å²) in [5, 5.41) is 3.25. The molecule has 4 N–H and O–H groups in total. The zero-order valence-corrected chi connectivity index (χ0v) is 13.5. The summed E-state index contributed by atoms with van der Waals surface area (Å²) >= 11 is 0. The van der Waals surface area contributed by atoms with E-state index in [1.165, 1.54) is 32.1 Å². The molecule has 1 aliphatic rings. The number of hydrogen-bond donors (Lipinski definition) is 3. The van der Waals surface area contributed by atoms with Gasteiger partial charge in [-0.1, -0.05) is 26.7 Å². The van der Waals surface area contributed by atoms with Crippen molar-refractivity contribution in [2.45, 2.75) is 58.9 Å². The van der Waals surface area contributed by atoms with Crippen molar-refractivity contribution in [3.8, 4) is 0 Å². The van der Waals surface area contributed by atoms with Crippen LogP contribution in [0.3, 0.4) is 0 Å². The highest BCUT2D eigenvalue weighted by atomic mass is 16.5. The SMILES string of the molecule is COCC(C)NC(=NCC1(CC(C)C)CCCC1)NN. The normalized spacial score (nSPS) is 20.2. The van der Waals surface area contributed by atoms with E-state index in [0.29, 0.717) is 18.0 Å². The number of hydrogen-bond acceptors (Lipinski definition) is 3. The summed E-state index contributed by atoms with van der Waals surface area (Å²) in [5.41, 5.74) is 3.05. The van der Waals surface area contributed by atoms with Gasteiger partial charge in [-0.25, -0.2) is 5.84 Å². The van der Waals surface area contributed by atoms with E-state index < -0.39 is 0 Å². The van der Waals surface area contributed by atoms with Crippen LogP contribution in [0.1, 0.15) is 52.9 Å². The van der Waals surface area contributed by atoms with Gasteiger partial charge in [0.15, 0.2) is 0 Å². The van der Waals surface area contributed by atoms with E-state index in [1.54, 1.807) is 7.11 Å². The minimum atomic E-state index is 0.194. The second kappa shape index (κ2) is 8.47. The summed E-state index contributed by atoms with van der Waals surface area (Å²) in [7, 11) is 1.70. The van der Waals surface area contributed by atoms with Crippen LogP contribution < -0.4 is 16.6 Å². The van der Waals surface area contributed by atoms with Gasteiger partial charge < -0.3 is 10.1 Å². The zero-order chi connectivity index (χ0) is 15.0. The van der Waals surface area contributed by atoms with Crippen LogP contribution in [0.5, 0.6) is 0 Å². The lowest BCUT2D eigenvalue weighted by Crippen LogP contribution is -2.47. The van der Waals surface area contributed by atoms with Crippen molar-refractivity contribution in [3.05, 3.63) is 0 Å². The number of rotatable bonds is 7. The predicted octanol–water partition coefficient (Wildman–Crippen LogP) is 2.04. The first-order chi connectivity index (χ1) is 9.51. The summed E-state index contributed by atoms with van der Waals surface area (Å²) in [5.74, 6) is 6.95. The fraction of sp³-hybridized carbons (Fsp3) is 0.933. The Morgan fingerprint density at radius 2 is 1.95 bits per heavy atom. The number of hydrazine groups is 1. The number of guanidine groups is 1. The minimum Gasteiger partial charge on any atom is -0.383 e. The fourth-order valence-corrected chi connectivity index (χ4v) is 3.32. The van der Waals surface area contributed by atoms with Crippen LogP contribution in [0.25, 0.3) is 0 Å². The van der Waals surface area contributed by atoms with Crippen LogP contribution in [-0.2, 0) is 4.74 Å². The number of nitrogens with zero attached hydrogens (tertiary/aromatic N) is 1. The van der Waals surface area contributed by atoms with Gasteiger partial charge in [-0.15, -0.1) is 0 Å². The first-order valence-corrected chi connectivity index (χ1v) is 7.78. The Morgan fingerprint density at radius 3 is 2.45 bits per heavy atom. The maximum absolute atomic E-state index is 5.56. The van der Waals surface area contributed by atoms with Crippen LogP contribution in [0.15, 0.2) is 4.99 Å². The second-order valence-electron chi connectivity index (χ2n) is 6.61. The lowest BCUT2D eigenvalue weighted by atomic mass is 9.78. The van der Waals surface area contributed by atoms with Crippen LogP contribution in [-0.4, -0.2) is 32.3 Å². The van der Waals surface area contributed by atoms with Gasteiger partial charge in [0.25, 0.3) is 0 Å². The topological polar surface area (TPSA) is 71.7 Å². The smallest absolute Gasteiger partial charge is 0.206 e. The average Bonchev–Trinajstić information content (AvgIpc) is 2.82. The first-order valence-electron chi connectivity index (χ1n) is 7.78. The summed E-state index contributed by atoms with van der Waals surface area (Å²) in [4.78, 5) is 4.69. The van der Waals surface area contributed by atoms with Crippen molar-refractivity contribution < 1.29 is 4.74 Å². The van der Waals surface area contributed by atoms with Crippen molar-refractivity contribution >= 4 is 5.96 Å². The maximum atomic E-state index is 5.56. The van der Waals surface area contributed by atoms with Crippen molar-refractivity contribution in [1.82, 2.24) is 10.7 Å². The molecule has 20 heavy (non-hydrogen) atoms. The molecular weight excluding hydrogens is 252 g/mol. The molecule has 0 heterocycles. The van der Waals surface area contributed by atoms with E-state index in [2.05, 4.69) is 36.5 Å². The van der Waals surface area contributed by atoms with Crippen molar-refractivity contribution in [1.29, 1.82) is 0 Å². The molecule has 0 aromatic carbocycles. The molecule has 1 fully saturated rings. The van der Waals surface area contributed by atoms with E-state index in [-0.39, 0.29) is 6.04 Å². The number of nitrogens with two attached hydrogens (primary N) is 1. The first kappa shape index (κ1) is 17.2. The Bertz CT molecular complexity index is 298. The molecule has 0 aromatic rings. The highest BCUT2D eigenvalue weighted by Gasteiger charge is 2.34. The van der Waals surface area contributed by atoms with Crippen LogP contribution >= 0.6 is 0 Å². The third-order valence-electron chi connectivity index (χ3n) is 4.01. The van der Waals surface area contributed by atoms with Gasteiger partial charge in [-0.2, -0.15) is 0 Å². The van der Waals surface area contributed by atoms with E-state index >= 15 is 0 Å². The molecule has 5 nitrogen and oxygen atoms in total. The Morgan fingerprint density at radius 1 is 1.30 bits per heavy atom. The van der Waals surface area contributed by atoms with E-state index in [4.69, 9.17) is 10.6 Å². The number of methoxy groups -OCH3 is 1.